The van der Waals surface area contributed by atoms with Crippen molar-refractivity contribution in [3.63, 3.8) is 0 Å². The third-order valence-electron chi connectivity index (χ3n) is 8.39. The maximum Gasteiger partial charge on any atom is 0.416 e. The number of alkyl halides is 3. The summed E-state index contributed by atoms with van der Waals surface area (Å²) >= 11 is 1.43. The molecule has 214 valence electrons. The van der Waals surface area contributed by atoms with Crippen LogP contribution in [0.5, 0.6) is 0 Å². The molecule has 1 saturated carbocycles. The molecule has 0 unspecified atom stereocenters. The van der Waals surface area contributed by atoms with Gasteiger partial charge in [-0.15, -0.1) is 10.2 Å². The van der Waals surface area contributed by atoms with Crippen molar-refractivity contribution in [2.24, 2.45) is 13.0 Å². The number of benzene rings is 3. The van der Waals surface area contributed by atoms with Crippen LogP contribution in [0.4, 0.5) is 24.0 Å². The second kappa shape index (κ2) is 9.65. The van der Waals surface area contributed by atoms with E-state index >= 15 is 0 Å². The number of nitrogens with one attached hydrogen (secondary N) is 1. The summed E-state index contributed by atoms with van der Waals surface area (Å²) in [5.41, 5.74) is 1.68. The lowest BCUT2D eigenvalue weighted by Gasteiger charge is -2.46. The van der Waals surface area contributed by atoms with Gasteiger partial charge in [-0.2, -0.15) is 13.2 Å². The third kappa shape index (κ3) is 4.34. The molecule has 11 heteroatoms. The van der Waals surface area contributed by atoms with Crippen molar-refractivity contribution in [2.45, 2.75) is 44.4 Å². The maximum absolute atomic E-state index is 14.3. The fourth-order valence-corrected chi connectivity index (χ4v) is 7.38. The second-order valence-electron chi connectivity index (χ2n) is 11.3. The SMILES string of the molecule is CC1CC(c2cccc(N3Cc4c(cc(CNc5nc6ccccc6s5)cc4C(F)(F)F)C3=O)c2)(c2nncn2C)C1. The van der Waals surface area contributed by atoms with Crippen LogP contribution in [-0.4, -0.2) is 25.7 Å². The summed E-state index contributed by atoms with van der Waals surface area (Å²) in [5.74, 6) is 0.898. The zero-order chi connectivity index (χ0) is 29.2. The molecule has 1 amide bonds. The summed E-state index contributed by atoms with van der Waals surface area (Å²) in [7, 11) is 1.91. The first-order chi connectivity index (χ1) is 20.1. The number of hydrogen-bond acceptors (Lipinski definition) is 6. The standard InChI is InChI=1S/C31H27F3N6OS/c1-18-13-30(14-18,28-38-36-17-39(28)2)20-6-5-7-21(12-20)40-16-23-22(27(40)41)10-19(11-24(23)31(32,33)34)15-35-29-37-25-8-3-4-9-26(25)42-29/h3-12,17-18H,13-16H2,1-2H3,(H,35,37). The van der Waals surface area contributed by atoms with E-state index in [4.69, 9.17) is 0 Å². The fraction of sp³-hybridized carbons (Fsp3) is 0.290. The lowest BCUT2D eigenvalue weighted by Crippen LogP contribution is -2.43. The third-order valence-corrected chi connectivity index (χ3v) is 9.38. The molecule has 1 fully saturated rings. The molecular formula is C31H27F3N6OS. The van der Waals surface area contributed by atoms with Crippen molar-refractivity contribution in [3.8, 4) is 0 Å². The number of para-hydroxylation sites is 1. The summed E-state index contributed by atoms with van der Waals surface area (Å²) in [4.78, 5) is 19.7. The number of thiazole rings is 1. The number of fused-ring (bicyclic) bond motifs is 2. The van der Waals surface area contributed by atoms with E-state index in [1.54, 1.807) is 18.5 Å². The molecule has 42 heavy (non-hydrogen) atoms. The molecule has 7 rings (SSSR count). The predicted octanol–water partition coefficient (Wildman–Crippen LogP) is 6.93. The summed E-state index contributed by atoms with van der Waals surface area (Å²) in [5, 5.41) is 12.2. The quantitative estimate of drug-likeness (QED) is 0.233. The number of aromatic nitrogens is 4. The van der Waals surface area contributed by atoms with Gasteiger partial charge in [-0.1, -0.05) is 42.5 Å². The van der Waals surface area contributed by atoms with E-state index in [1.165, 1.54) is 16.2 Å². The Bertz CT molecular complexity index is 1810. The van der Waals surface area contributed by atoms with Gasteiger partial charge < -0.3 is 14.8 Å². The van der Waals surface area contributed by atoms with Gasteiger partial charge in [0.25, 0.3) is 5.91 Å². The Labute approximate surface area is 244 Å². The number of nitrogens with zero attached hydrogens (tertiary/aromatic N) is 5. The molecule has 1 aliphatic heterocycles. The maximum atomic E-state index is 14.3. The van der Waals surface area contributed by atoms with Crippen molar-refractivity contribution in [1.29, 1.82) is 0 Å². The van der Waals surface area contributed by atoms with Gasteiger partial charge in [0.15, 0.2) is 5.13 Å². The van der Waals surface area contributed by atoms with E-state index in [0.717, 1.165) is 40.5 Å². The summed E-state index contributed by atoms with van der Waals surface area (Å²) in [6.45, 7) is 2.14. The largest absolute Gasteiger partial charge is 0.416 e. The van der Waals surface area contributed by atoms with Gasteiger partial charge in [0.05, 0.1) is 27.7 Å². The number of amides is 1. The average Bonchev–Trinajstić information content (AvgIpc) is 3.66. The monoisotopic (exact) mass is 588 g/mol. The number of anilines is 2. The van der Waals surface area contributed by atoms with Gasteiger partial charge in [0, 0.05) is 24.8 Å². The molecule has 3 aromatic carbocycles. The van der Waals surface area contributed by atoms with E-state index < -0.39 is 17.6 Å². The number of halogens is 3. The Kier molecular flexibility index (Phi) is 6.12. The molecule has 2 aromatic heterocycles. The van der Waals surface area contributed by atoms with E-state index in [-0.39, 0.29) is 29.6 Å². The molecule has 0 bridgehead atoms. The van der Waals surface area contributed by atoms with Crippen LogP contribution in [0.25, 0.3) is 10.2 Å². The smallest absolute Gasteiger partial charge is 0.357 e. The van der Waals surface area contributed by atoms with Crippen LogP contribution >= 0.6 is 11.3 Å². The number of hydrogen-bond donors (Lipinski definition) is 1. The van der Waals surface area contributed by atoms with Crippen LogP contribution in [0.1, 0.15) is 58.2 Å². The first-order valence-electron chi connectivity index (χ1n) is 13.7. The van der Waals surface area contributed by atoms with Crippen LogP contribution < -0.4 is 10.2 Å². The van der Waals surface area contributed by atoms with Crippen molar-refractivity contribution in [3.05, 3.63) is 101 Å². The van der Waals surface area contributed by atoms with E-state index in [1.807, 2.05) is 54.1 Å². The predicted molar refractivity (Wildman–Crippen MR) is 156 cm³/mol. The fourth-order valence-electron chi connectivity index (χ4n) is 6.52. The Morgan fingerprint density at radius 3 is 2.62 bits per heavy atom. The van der Waals surface area contributed by atoms with Gasteiger partial charge in [0.2, 0.25) is 0 Å². The minimum absolute atomic E-state index is 0.00178. The topological polar surface area (TPSA) is 75.9 Å². The molecule has 1 aliphatic carbocycles. The zero-order valence-electron chi connectivity index (χ0n) is 22.9. The average molecular weight is 589 g/mol. The molecule has 0 radical (unpaired) electrons. The van der Waals surface area contributed by atoms with Gasteiger partial charge in [-0.05, 0) is 71.8 Å². The minimum atomic E-state index is -4.61. The molecule has 0 spiro atoms. The second-order valence-corrected chi connectivity index (χ2v) is 12.3. The molecule has 0 saturated heterocycles. The van der Waals surface area contributed by atoms with Crippen LogP contribution in [0.15, 0.2) is 67.0 Å². The molecular weight excluding hydrogens is 561 g/mol. The molecule has 2 aliphatic rings. The van der Waals surface area contributed by atoms with Crippen LogP contribution in [-0.2, 0) is 31.7 Å². The van der Waals surface area contributed by atoms with Crippen molar-refractivity contribution in [1.82, 2.24) is 19.7 Å². The summed E-state index contributed by atoms with van der Waals surface area (Å²) in [6.07, 6.45) is -1.18. The Morgan fingerprint density at radius 2 is 1.90 bits per heavy atom. The summed E-state index contributed by atoms with van der Waals surface area (Å²) < 4.78 is 45.8. The van der Waals surface area contributed by atoms with Crippen molar-refractivity contribution < 1.29 is 18.0 Å². The Balaban J connectivity index is 1.21. The summed E-state index contributed by atoms with van der Waals surface area (Å²) in [6, 6.07) is 17.9. The van der Waals surface area contributed by atoms with Gasteiger partial charge in [-0.25, -0.2) is 4.98 Å². The Hall–Kier alpha value is -4.25. The lowest BCUT2D eigenvalue weighted by molar-refractivity contribution is -0.138. The Morgan fingerprint density at radius 1 is 1.10 bits per heavy atom. The first-order valence-corrected chi connectivity index (χ1v) is 14.5. The van der Waals surface area contributed by atoms with Crippen molar-refractivity contribution in [2.75, 3.05) is 10.2 Å². The van der Waals surface area contributed by atoms with Crippen LogP contribution in [0.2, 0.25) is 0 Å². The van der Waals surface area contributed by atoms with Crippen molar-refractivity contribution >= 4 is 38.3 Å². The lowest BCUT2D eigenvalue weighted by atomic mass is 9.58. The van der Waals surface area contributed by atoms with E-state index in [2.05, 4.69) is 27.4 Å². The van der Waals surface area contributed by atoms with Crippen LogP contribution in [0.3, 0.4) is 0 Å². The highest BCUT2D eigenvalue weighted by molar-refractivity contribution is 7.22. The molecule has 3 heterocycles. The van der Waals surface area contributed by atoms with Gasteiger partial charge >= 0.3 is 6.18 Å². The first kappa shape index (κ1) is 26.6. The minimum Gasteiger partial charge on any atom is -0.357 e. The van der Waals surface area contributed by atoms with Crippen LogP contribution in [0, 0.1) is 5.92 Å². The number of rotatable bonds is 6. The van der Waals surface area contributed by atoms with E-state index in [9.17, 15) is 18.0 Å². The normalized spacial score (nSPS) is 20.2. The highest BCUT2D eigenvalue weighted by Gasteiger charge is 2.48. The van der Waals surface area contributed by atoms with E-state index in [0.29, 0.717) is 22.3 Å². The molecule has 7 nitrogen and oxygen atoms in total. The number of carbonyl (C=O) groups excluding carboxylic acids is 1. The zero-order valence-corrected chi connectivity index (χ0v) is 23.8. The highest BCUT2D eigenvalue weighted by Crippen LogP contribution is 2.52. The van der Waals surface area contributed by atoms with Gasteiger partial charge in [-0.3, -0.25) is 4.79 Å². The highest BCUT2D eigenvalue weighted by atomic mass is 32.1. The van der Waals surface area contributed by atoms with Gasteiger partial charge in [0.1, 0.15) is 12.2 Å². The molecule has 5 aromatic rings. The molecule has 1 N–H and O–H groups in total. The molecule has 0 atom stereocenters. The number of aryl methyl sites for hydroxylation is 1. The number of carbonyl (C=O) groups is 1.